The molecule has 0 spiro atoms. The first-order valence-electron chi connectivity index (χ1n) is 7.31. The molecule has 3 aromatic rings. The summed E-state index contributed by atoms with van der Waals surface area (Å²) in [5, 5.41) is 9.65. The van der Waals surface area contributed by atoms with Gasteiger partial charge in [-0.1, -0.05) is 0 Å². The van der Waals surface area contributed by atoms with Crippen LogP contribution in [-0.4, -0.2) is 26.5 Å². The highest BCUT2D eigenvalue weighted by atomic mass is 19.1. The number of rotatable bonds is 4. The number of benzene rings is 1. The molecule has 0 fully saturated rings. The number of carbonyl (C=O) groups is 1. The maximum Gasteiger partial charge on any atom is 0.256 e. The van der Waals surface area contributed by atoms with Gasteiger partial charge >= 0.3 is 0 Å². The third kappa shape index (κ3) is 3.32. The minimum Gasteiger partial charge on any atom is -0.350 e. The molecule has 0 saturated heterocycles. The molecule has 2 N–H and O–H groups in total. The van der Waals surface area contributed by atoms with E-state index < -0.39 is 11.6 Å². The van der Waals surface area contributed by atoms with Gasteiger partial charge in [0.15, 0.2) is 5.65 Å². The highest BCUT2D eigenvalue weighted by Gasteiger charge is 2.15. The van der Waals surface area contributed by atoms with Gasteiger partial charge in [0.1, 0.15) is 23.0 Å². The molecule has 0 aliphatic heterocycles. The lowest BCUT2D eigenvalue weighted by molar-refractivity contribution is 0.0944. The van der Waals surface area contributed by atoms with Crippen LogP contribution >= 0.6 is 0 Å². The van der Waals surface area contributed by atoms with Gasteiger partial charge in [-0.25, -0.2) is 18.3 Å². The molecule has 124 valence electrons. The number of nitrogens with one attached hydrogen (secondary N) is 2. The SMILES string of the molecule is CC(C)NC(=O)c1cnn2ccc(Nc3cc(F)cc(F)c3)nc12. The summed E-state index contributed by atoms with van der Waals surface area (Å²) in [5.41, 5.74) is 0.879. The summed E-state index contributed by atoms with van der Waals surface area (Å²) in [4.78, 5) is 16.5. The van der Waals surface area contributed by atoms with Crippen LogP contribution in [0.25, 0.3) is 5.65 Å². The Morgan fingerprint density at radius 1 is 1.21 bits per heavy atom. The fourth-order valence-electron chi connectivity index (χ4n) is 2.21. The second-order valence-corrected chi connectivity index (χ2v) is 5.55. The fraction of sp³-hybridized carbons (Fsp3) is 0.188. The number of hydrogen-bond acceptors (Lipinski definition) is 4. The van der Waals surface area contributed by atoms with Gasteiger partial charge in [-0.05, 0) is 32.0 Å². The minimum atomic E-state index is -0.695. The maximum atomic E-state index is 13.3. The maximum absolute atomic E-state index is 13.3. The van der Waals surface area contributed by atoms with Crippen LogP contribution in [0, 0.1) is 11.6 Å². The summed E-state index contributed by atoms with van der Waals surface area (Å²) in [6.07, 6.45) is 3.03. The second kappa shape index (κ2) is 6.23. The molecular weight excluding hydrogens is 316 g/mol. The van der Waals surface area contributed by atoms with Crippen molar-refractivity contribution >= 4 is 23.1 Å². The predicted molar refractivity (Wildman–Crippen MR) is 85.2 cm³/mol. The van der Waals surface area contributed by atoms with Crippen LogP contribution in [0.5, 0.6) is 0 Å². The van der Waals surface area contributed by atoms with Crippen molar-refractivity contribution in [2.75, 3.05) is 5.32 Å². The molecule has 24 heavy (non-hydrogen) atoms. The molecule has 0 radical (unpaired) electrons. The highest BCUT2D eigenvalue weighted by Crippen LogP contribution is 2.19. The molecule has 0 atom stereocenters. The smallest absolute Gasteiger partial charge is 0.256 e. The molecule has 2 heterocycles. The predicted octanol–water partition coefficient (Wildman–Crippen LogP) is 2.89. The van der Waals surface area contributed by atoms with E-state index in [1.807, 2.05) is 13.8 Å². The Bertz CT molecular complexity index is 886. The van der Waals surface area contributed by atoms with Crippen molar-refractivity contribution < 1.29 is 13.6 Å². The van der Waals surface area contributed by atoms with E-state index in [0.29, 0.717) is 17.0 Å². The first-order valence-corrected chi connectivity index (χ1v) is 7.31. The van der Waals surface area contributed by atoms with Crippen LogP contribution < -0.4 is 10.6 Å². The third-order valence-corrected chi connectivity index (χ3v) is 3.17. The van der Waals surface area contributed by atoms with Crippen molar-refractivity contribution in [1.82, 2.24) is 19.9 Å². The topological polar surface area (TPSA) is 71.3 Å². The van der Waals surface area contributed by atoms with E-state index in [4.69, 9.17) is 0 Å². The van der Waals surface area contributed by atoms with Gasteiger partial charge in [0, 0.05) is 24.0 Å². The number of amides is 1. The van der Waals surface area contributed by atoms with Crippen LogP contribution in [0.3, 0.4) is 0 Å². The van der Waals surface area contributed by atoms with Crippen molar-refractivity contribution in [3.05, 3.63) is 53.9 Å². The van der Waals surface area contributed by atoms with Crippen LogP contribution in [0.15, 0.2) is 36.7 Å². The van der Waals surface area contributed by atoms with Gasteiger partial charge in [-0.3, -0.25) is 4.79 Å². The van der Waals surface area contributed by atoms with E-state index in [1.165, 1.54) is 10.7 Å². The molecule has 2 aromatic heterocycles. The minimum absolute atomic E-state index is 0.0240. The van der Waals surface area contributed by atoms with Gasteiger partial charge in [-0.15, -0.1) is 0 Å². The van der Waals surface area contributed by atoms with Gasteiger partial charge in [0.2, 0.25) is 0 Å². The average molecular weight is 331 g/mol. The average Bonchev–Trinajstić information content (AvgIpc) is 2.88. The Morgan fingerprint density at radius 3 is 2.58 bits per heavy atom. The van der Waals surface area contributed by atoms with E-state index in [9.17, 15) is 13.6 Å². The van der Waals surface area contributed by atoms with Crippen molar-refractivity contribution in [2.45, 2.75) is 19.9 Å². The van der Waals surface area contributed by atoms with Crippen LogP contribution in [0.1, 0.15) is 24.2 Å². The number of aromatic nitrogens is 3. The van der Waals surface area contributed by atoms with Crippen LogP contribution in [0.2, 0.25) is 0 Å². The van der Waals surface area contributed by atoms with Gasteiger partial charge in [0.25, 0.3) is 5.91 Å². The third-order valence-electron chi connectivity index (χ3n) is 3.17. The molecule has 0 bridgehead atoms. The number of hydrogen-bond donors (Lipinski definition) is 2. The van der Waals surface area contributed by atoms with Gasteiger partial charge in [-0.2, -0.15) is 5.10 Å². The van der Waals surface area contributed by atoms with E-state index in [0.717, 1.165) is 18.2 Å². The normalized spacial score (nSPS) is 11.0. The number of carbonyl (C=O) groups excluding carboxylic acids is 1. The van der Waals surface area contributed by atoms with Crippen molar-refractivity contribution in [3.63, 3.8) is 0 Å². The van der Waals surface area contributed by atoms with E-state index in [2.05, 4.69) is 20.7 Å². The molecule has 6 nitrogen and oxygen atoms in total. The zero-order valence-corrected chi connectivity index (χ0v) is 13.0. The number of nitrogens with zero attached hydrogens (tertiary/aromatic N) is 3. The fourth-order valence-corrected chi connectivity index (χ4v) is 2.21. The molecule has 1 aromatic carbocycles. The largest absolute Gasteiger partial charge is 0.350 e. The molecule has 0 aliphatic carbocycles. The Hall–Kier alpha value is -3.03. The van der Waals surface area contributed by atoms with Crippen molar-refractivity contribution in [1.29, 1.82) is 0 Å². The molecule has 3 rings (SSSR count). The summed E-state index contributed by atoms with van der Waals surface area (Å²) < 4.78 is 28.0. The molecule has 0 aliphatic rings. The molecular formula is C16H15F2N5O. The number of halogens is 2. The summed E-state index contributed by atoms with van der Waals surface area (Å²) in [6.45, 7) is 3.70. The summed E-state index contributed by atoms with van der Waals surface area (Å²) in [6, 6.07) is 4.65. The zero-order chi connectivity index (χ0) is 17.3. The Kier molecular flexibility index (Phi) is 4.11. The summed E-state index contributed by atoms with van der Waals surface area (Å²) in [5.74, 6) is -1.34. The van der Waals surface area contributed by atoms with Crippen molar-refractivity contribution in [2.24, 2.45) is 0 Å². The van der Waals surface area contributed by atoms with E-state index >= 15 is 0 Å². The van der Waals surface area contributed by atoms with Gasteiger partial charge in [0.05, 0.1) is 6.20 Å². The Labute approximate surface area is 136 Å². The summed E-state index contributed by atoms with van der Waals surface area (Å²) in [7, 11) is 0. The standard InChI is InChI=1S/C16H15F2N5O/c1-9(2)20-16(24)13-8-19-23-4-3-14(22-15(13)23)21-12-6-10(17)5-11(18)7-12/h3-9H,1-2H3,(H,20,24)(H,21,22). The quantitative estimate of drug-likeness (QED) is 0.771. The number of anilines is 2. The van der Waals surface area contributed by atoms with E-state index in [1.54, 1.807) is 12.3 Å². The number of fused-ring (bicyclic) bond motifs is 1. The Balaban J connectivity index is 1.94. The molecule has 0 unspecified atom stereocenters. The van der Waals surface area contributed by atoms with Crippen molar-refractivity contribution in [3.8, 4) is 0 Å². The lowest BCUT2D eigenvalue weighted by Gasteiger charge is -2.08. The lowest BCUT2D eigenvalue weighted by atomic mass is 10.3. The van der Waals surface area contributed by atoms with Crippen LogP contribution in [-0.2, 0) is 0 Å². The molecule has 0 saturated carbocycles. The first-order chi connectivity index (χ1) is 11.4. The van der Waals surface area contributed by atoms with Crippen LogP contribution in [0.4, 0.5) is 20.3 Å². The lowest BCUT2D eigenvalue weighted by Crippen LogP contribution is -2.30. The Morgan fingerprint density at radius 2 is 1.92 bits per heavy atom. The molecule has 1 amide bonds. The van der Waals surface area contributed by atoms with E-state index in [-0.39, 0.29) is 17.6 Å². The second-order valence-electron chi connectivity index (χ2n) is 5.55. The monoisotopic (exact) mass is 331 g/mol. The summed E-state index contributed by atoms with van der Waals surface area (Å²) >= 11 is 0. The van der Waals surface area contributed by atoms with Gasteiger partial charge < -0.3 is 10.6 Å². The zero-order valence-electron chi connectivity index (χ0n) is 13.0. The highest BCUT2D eigenvalue weighted by molar-refractivity contribution is 5.99. The molecule has 8 heteroatoms. The first kappa shape index (κ1) is 15.9.